The van der Waals surface area contributed by atoms with Crippen molar-refractivity contribution < 1.29 is 13.0 Å². The van der Waals surface area contributed by atoms with Gasteiger partial charge in [-0.2, -0.15) is 8.42 Å². The third-order valence-corrected chi connectivity index (χ3v) is 2.69. The van der Waals surface area contributed by atoms with Gasteiger partial charge in [-0.1, -0.05) is 26.7 Å². The summed E-state index contributed by atoms with van der Waals surface area (Å²) in [5, 5.41) is 0. The molecular weight excluding hydrogens is 176 g/mol. The van der Waals surface area contributed by atoms with E-state index in [0.29, 0.717) is 12.3 Å². The first-order valence-corrected chi connectivity index (χ1v) is 6.01. The minimum Gasteiger partial charge on any atom is -0.286 e. The smallest absolute Gasteiger partial charge is 0.264 e. The molecule has 0 heterocycles. The van der Waals surface area contributed by atoms with Gasteiger partial charge in [0.05, 0.1) is 5.75 Å². The van der Waals surface area contributed by atoms with E-state index in [-0.39, 0.29) is 5.75 Å². The summed E-state index contributed by atoms with van der Waals surface area (Å²) in [5.41, 5.74) is 0. The van der Waals surface area contributed by atoms with Gasteiger partial charge in [-0.25, -0.2) is 0 Å². The molecule has 0 radical (unpaired) electrons. The van der Waals surface area contributed by atoms with Crippen LogP contribution in [0.2, 0.25) is 0 Å². The van der Waals surface area contributed by atoms with Crippen LogP contribution >= 0.6 is 0 Å². The molecule has 0 aliphatic heterocycles. The highest BCUT2D eigenvalue weighted by Gasteiger charge is 2.06. The van der Waals surface area contributed by atoms with E-state index in [1.807, 2.05) is 0 Å². The molecule has 74 valence electrons. The van der Waals surface area contributed by atoms with Crippen molar-refractivity contribution in [2.75, 3.05) is 5.75 Å². The van der Waals surface area contributed by atoms with E-state index >= 15 is 0 Å². The summed E-state index contributed by atoms with van der Waals surface area (Å²) in [4.78, 5) is 0. The maximum atomic E-state index is 10.3. The maximum Gasteiger partial charge on any atom is 0.264 e. The Morgan fingerprint density at radius 2 is 1.92 bits per heavy atom. The molecular formula is C8H18O3S. The van der Waals surface area contributed by atoms with Crippen LogP contribution < -0.4 is 0 Å². The van der Waals surface area contributed by atoms with Crippen molar-refractivity contribution in [3.05, 3.63) is 0 Å². The maximum absolute atomic E-state index is 10.3. The lowest BCUT2D eigenvalue weighted by Gasteiger charge is -2.07. The zero-order valence-corrected chi connectivity index (χ0v) is 8.60. The molecule has 1 N–H and O–H groups in total. The van der Waals surface area contributed by atoms with Gasteiger partial charge >= 0.3 is 0 Å². The largest absolute Gasteiger partial charge is 0.286 e. The Morgan fingerprint density at radius 3 is 2.33 bits per heavy atom. The summed E-state index contributed by atoms with van der Waals surface area (Å²) < 4.78 is 29.1. The second-order valence-corrected chi connectivity index (χ2v) is 4.89. The van der Waals surface area contributed by atoms with Crippen LogP contribution in [0.4, 0.5) is 0 Å². The number of hydrogen-bond donors (Lipinski definition) is 1. The molecule has 3 nitrogen and oxygen atoms in total. The van der Waals surface area contributed by atoms with Crippen LogP contribution in [-0.4, -0.2) is 18.7 Å². The monoisotopic (exact) mass is 194 g/mol. The molecule has 4 heteroatoms. The molecule has 0 amide bonds. The molecule has 0 fully saturated rings. The van der Waals surface area contributed by atoms with E-state index in [4.69, 9.17) is 4.55 Å². The molecule has 0 rings (SSSR count). The zero-order valence-electron chi connectivity index (χ0n) is 7.78. The highest BCUT2D eigenvalue weighted by molar-refractivity contribution is 7.85. The second kappa shape index (κ2) is 5.54. The Morgan fingerprint density at radius 1 is 1.33 bits per heavy atom. The molecule has 0 aliphatic rings. The fraction of sp³-hybridized carbons (Fsp3) is 1.00. The molecule has 1 atom stereocenters. The first-order valence-electron chi connectivity index (χ1n) is 4.41. The minimum absolute atomic E-state index is 0.0962. The summed E-state index contributed by atoms with van der Waals surface area (Å²) >= 11 is 0. The van der Waals surface area contributed by atoms with Crippen molar-refractivity contribution in [3.8, 4) is 0 Å². The third-order valence-electron chi connectivity index (χ3n) is 1.88. The lowest BCUT2D eigenvalue weighted by Crippen LogP contribution is -2.05. The molecule has 0 saturated heterocycles. The normalized spacial score (nSPS) is 14.6. The van der Waals surface area contributed by atoms with Gasteiger partial charge in [0, 0.05) is 0 Å². The van der Waals surface area contributed by atoms with Gasteiger partial charge in [-0.05, 0) is 18.8 Å². The molecule has 0 aromatic heterocycles. The van der Waals surface area contributed by atoms with Crippen molar-refractivity contribution in [3.63, 3.8) is 0 Å². The third kappa shape index (κ3) is 8.01. The molecule has 0 aromatic rings. The van der Waals surface area contributed by atoms with E-state index < -0.39 is 10.1 Å². The summed E-state index contributed by atoms with van der Waals surface area (Å²) in [5.74, 6) is 0.470. The van der Waals surface area contributed by atoms with Gasteiger partial charge in [-0.3, -0.25) is 4.55 Å². The number of hydrogen-bond acceptors (Lipinski definition) is 2. The fourth-order valence-corrected chi connectivity index (χ4v) is 1.78. The SMILES string of the molecule is CCCC(C)CCCS(=O)(=O)O. The topological polar surface area (TPSA) is 54.4 Å². The summed E-state index contributed by atoms with van der Waals surface area (Å²) in [7, 11) is -3.73. The predicted molar refractivity (Wildman–Crippen MR) is 49.7 cm³/mol. The summed E-state index contributed by atoms with van der Waals surface area (Å²) in [6.07, 6.45) is 3.71. The highest BCUT2D eigenvalue weighted by Crippen LogP contribution is 2.12. The molecule has 0 bridgehead atoms. The molecule has 0 aromatic carbocycles. The van der Waals surface area contributed by atoms with Crippen molar-refractivity contribution >= 4 is 10.1 Å². The van der Waals surface area contributed by atoms with Crippen molar-refractivity contribution in [1.82, 2.24) is 0 Å². The number of rotatable bonds is 6. The Kier molecular flexibility index (Phi) is 5.50. The second-order valence-electron chi connectivity index (χ2n) is 3.32. The van der Waals surface area contributed by atoms with Crippen LogP contribution in [-0.2, 0) is 10.1 Å². The Hall–Kier alpha value is -0.0900. The van der Waals surface area contributed by atoms with Crippen molar-refractivity contribution in [2.24, 2.45) is 5.92 Å². The Bertz CT molecular complexity index is 196. The van der Waals surface area contributed by atoms with E-state index in [0.717, 1.165) is 19.3 Å². The van der Waals surface area contributed by atoms with Gasteiger partial charge in [0.2, 0.25) is 0 Å². The molecule has 0 spiro atoms. The molecule has 1 unspecified atom stereocenters. The Labute approximate surface area is 74.9 Å². The fourth-order valence-electron chi connectivity index (χ4n) is 1.25. The standard InChI is InChI=1S/C8H18O3S/c1-3-5-8(2)6-4-7-12(9,10)11/h8H,3-7H2,1-2H3,(H,9,10,11). The zero-order chi connectivity index (χ0) is 9.61. The van der Waals surface area contributed by atoms with E-state index in [1.165, 1.54) is 0 Å². The van der Waals surface area contributed by atoms with Gasteiger partial charge in [0.15, 0.2) is 0 Å². The van der Waals surface area contributed by atoms with E-state index in [9.17, 15) is 8.42 Å². The van der Waals surface area contributed by atoms with Crippen LogP contribution in [0.5, 0.6) is 0 Å². The average molecular weight is 194 g/mol. The lowest BCUT2D eigenvalue weighted by molar-refractivity contribution is 0.458. The first kappa shape index (κ1) is 11.9. The Balaban J connectivity index is 3.44. The van der Waals surface area contributed by atoms with Crippen LogP contribution in [0.1, 0.15) is 39.5 Å². The molecule has 12 heavy (non-hydrogen) atoms. The first-order chi connectivity index (χ1) is 5.45. The molecule has 0 aliphatic carbocycles. The minimum atomic E-state index is -3.73. The predicted octanol–water partition coefficient (Wildman–Crippen LogP) is 2.09. The van der Waals surface area contributed by atoms with Crippen LogP contribution in [0, 0.1) is 5.92 Å². The van der Waals surface area contributed by atoms with Crippen LogP contribution in [0.25, 0.3) is 0 Å². The summed E-state index contributed by atoms with van der Waals surface area (Å²) in [6.45, 7) is 4.22. The van der Waals surface area contributed by atoms with Crippen LogP contribution in [0.15, 0.2) is 0 Å². The van der Waals surface area contributed by atoms with E-state index in [2.05, 4.69) is 13.8 Å². The van der Waals surface area contributed by atoms with E-state index in [1.54, 1.807) is 0 Å². The lowest BCUT2D eigenvalue weighted by atomic mass is 10.0. The van der Waals surface area contributed by atoms with Gasteiger partial charge in [-0.15, -0.1) is 0 Å². The van der Waals surface area contributed by atoms with Crippen molar-refractivity contribution in [1.29, 1.82) is 0 Å². The van der Waals surface area contributed by atoms with Crippen LogP contribution in [0.3, 0.4) is 0 Å². The summed E-state index contributed by atoms with van der Waals surface area (Å²) in [6, 6.07) is 0. The van der Waals surface area contributed by atoms with Crippen molar-refractivity contribution in [2.45, 2.75) is 39.5 Å². The van der Waals surface area contributed by atoms with Gasteiger partial charge in [0.25, 0.3) is 10.1 Å². The average Bonchev–Trinajstić information content (AvgIpc) is 1.84. The van der Waals surface area contributed by atoms with Gasteiger partial charge < -0.3 is 0 Å². The quantitative estimate of drug-likeness (QED) is 0.659. The van der Waals surface area contributed by atoms with Gasteiger partial charge in [0.1, 0.15) is 0 Å². The molecule has 0 saturated carbocycles. The highest BCUT2D eigenvalue weighted by atomic mass is 32.2.